The van der Waals surface area contributed by atoms with Gasteiger partial charge in [-0.05, 0) is 19.3 Å². The number of carbonyl (C=O) groups excluding carboxylic acids is 2. The molecule has 159 valence electrons. The number of rotatable bonds is 21. The summed E-state index contributed by atoms with van der Waals surface area (Å²) in [4.78, 5) is 22.7. The average molecular weight is 382 g/mol. The van der Waals surface area contributed by atoms with Gasteiger partial charge in [0.15, 0.2) is 0 Å². The fourth-order valence-electron chi connectivity index (χ4n) is 3.45. The van der Waals surface area contributed by atoms with Crippen LogP contribution in [-0.2, 0) is 14.3 Å². The molecule has 0 fully saturated rings. The molecule has 0 heterocycles. The summed E-state index contributed by atoms with van der Waals surface area (Å²) in [6.07, 6.45) is 23.0. The van der Waals surface area contributed by atoms with Gasteiger partial charge in [0.2, 0.25) is 6.29 Å². The quantitative estimate of drug-likeness (QED) is 0.153. The first-order chi connectivity index (χ1) is 13.2. The molecule has 0 spiro atoms. The number of hydrogen-bond donors (Lipinski definition) is 0. The lowest BCUT2D eigenvalue weighted by Crippen LogP contribution is -2.18. The highest BCUT2D eigenvalue weighted by molar-refractivity contribution is 5.69. The third kappa shape index (κ3) is 19.7. The molecule has 0 aliphatic rings. The SMILES string of the molecule is CCCCCCCCCCCC(=O)OC(C[C]=O)CCCCCCCCC. The van der Waals surface area contributed by atoms with Gasteiger partial charge in [0, 0.05) is 6.42 Å². The molecule has 1 radical (unpaired) electrons. The van der Waals surface area contributed by atoms with Crippen LogP contribution >= 0.6 is 0 Å². The van der Waals surface area contributed by atoms with Crippen molar-refractivity contribution in [2.24, 2.45) is 0 Å². The number of hydrogen-bond acceptors (Lipinski definition) is 3. The van der Waals surface area contributed by atoms with Crippen LogP contribution in [0.1, 0.15) is 136 Å². The van der Waals surface area contributed by atoms with Gasteiger partial charge in [0.1, 0.15) is 6.10 Å². The monoisotopic (exact) mass is 381 g/mol. The highest BCUT2D eigenvalue weighted by atomic mass is 16.5. The van der Waals surface area contributed by atoms with Crippen LogP contribution in [0.15, 0.2) is 0 Å². The van der Waals surface area contributed by atoms with E-state index in [0.717, 1.165) is 32.1 Å². The maximum atomic E-state index is 12.0. The summed E-state index contributed by atoms with van der Waals surface area (Å²) >= 11 is 0. The Morgan fingerprint density at radius 2 is 1.15 bits per heavy atom. The Morgan fingerprint density at radius 3 is 1.63 bits per heavy atom. The lowest BCUT2D eigenvalue weighted by molar-refractivity contribution is -0.149. The number of ether oxygens (including phenoxy) is 1. The zero-order chi connectivity index (χ0) is 20.0. The van der Waals surface area contributed by atoms with Gasteiger partial charge in [-0.1, -0.05) is 104 Å². The second-order valence-corrected chi connectivity index (χ2v) is 7.95. The normalized spacial score (nSPS) is 12.1. The van der Waals surface area contributed by atoms with Gasteiger partial charge < -0.3 is 4.74 Å². The van der Waals surface area contributed by atoms with E-state index in [0.29, 0.717) is 6.42 Å². The zero-order valence-corrected chi connectivity index (χ0v) is 18.2. The Kier molecular flexibility index (Phi) is 20.8. The highest BCUT2D eigenvalue weighted by Crippen LogP contribution is 2.15. The molecule has 0 aliphatic carbocycles. The maximum Gasteiger partial charge on any atom is 0.306 e. The zero-order valence-electron chi connectivity index (χ0n) is 18.2. The summed E-state index contributed by atoms with van der Waals surface area (Å²) in [5, 5.41) is 0. The van der Waals surface area contributed by atoms with Crippen molar-refractivity contribution in [3.8, 4) is 0 Å². The van der Waals surface area contributed by atoms with Crippen LogP contribution in [0.5, 0.6) is 0 Å². The van der Waals surface area contributed by atoms with E-state index in [-0.39, 0.29) is 18.5 Å². The summed E-state index contributed by atoms with van der Waals surface area (Å²) in [6.45, 7) is 4.47. The molecule has 0 aromatic carbocycles. The molecule has 0 aromatic rings. The molecule has 0 amide bonds. The minimum absolute atomic E-state index is 0.138. The number of esters is 1. The van der Waals surface area contributed by atoms with Crippen molar-refractivity contribution >= 4 is 12.3 Å². The Morgan fingerprint density at radius 1 is 0.704 bits per heavy atom. The number of carbonyl (C=O) groups is 1. The summed E-state index contributed by atoms with van der Waals surface area (Å²) in [5.74, 6) is -0.138. The standard InChI is InChI=1S/C24H45O3/c1-3-5-7-9-11-12-14-16-18-20-24(26)27-23(21-22-25)19-17-15-13-10-8-6-4-2/h23H,3-21H2,1-2H3. The molecule has 3 heteroatoms. The van der Waals surface area contributed by atoms with E-state index in [1.165, 1.54) is 77.0 Å². The molecule has 0 saturated heterocycles. The Hall–Kier alpha value is -0.860. The summed E-state index contributed by atoms with van der Waals surface area (Å²) in [5.41, 5.74) is 0. The maximum absolute atomic E-state index is 12.0. The Bertz CT molecular complexity index is 328. The van der Waals surface area contributed by atoms with Crippen LogP contribution in [0.25, 0.3) is 0 Å². The Labute approximate surface area is 169 Å². The van der Waals surface area contributed by atoms with Gasteiger partial charge >= 0.3 is 5.97 Å². The minimum Gasteiger partial charge on any atom is -0.462 e. The van der Waals surface area contributed by atoms with Crippen LogP contribution in [0, 0.1) is 0 Å². The molecule has 0 aromatic heterocycles. The first-order valence-electron chi connectivity index (χ1n) is 11.8. The van der Waals surface area contributed by atoms with Crippen LogP contribution in [0.3, 0.4) is 0 Å². The van der Waals surface area contributed by atoms with Crippen LogP contribution < -0.4 is 0 Å². The van der Waals surface area contributed by atoms with Gasteiger partial charge in [0.05, 0.1) is 6.42 Å². The van der Waals surface area contributed by atoms with E-state index in [4.69, 9.17) is 4.74 Å². The van der Waals surface area contributed by atoms with E-state index in [9.17, 15) is 9.59 Å². The van der Waals surface area contributed by atoms with E-state index in [1.807, 2.05) is 6.29 Å². The van der Waals surface area contributed by atoms with Gasteiger partial charge in [-0.2, -0.15) is 0 Å². The van der Waals surface area contributed by atoms with Crippen molar-refractivity contribution in [3.63, 3.8) is 0 Å². The second-order valence-electron chi connectivity index (χ2n) is 7.95. The molecule has 0 saturated carbocycles. The third-order valence-corrected chi connectivity index (χ3v) is 5.22. The fourth-order valence-corrected chi connectivity index (χ4v) is 3.45. The average Bonchev–Trinajstić information content (AvgIpc) is 2.66. The largest absolute Gasteiger partial charge is 0.462 e. The molecular formula is C24H45O3. The van der Waals surface area contributed by atoms with Gasteiger partial charge in [-0.25, -0.2) is 0 Å². The molecule has 0 bridgehead atoms. The van der Waals surface area contributed by atoms with Crippen LogP contribution in [-0.4, -0.2) is 18.4 Å². The topological polar surface area (TPSA) is 43.4 Å². The number of unbranched alkanes of at least 4 members (excludes halogenated alkanes) is 14. The van der Waals surface area contributed by atoms with Crippen molar-refractivity contribution in [1.29, 1.82) is 0 Å². The Balaban J connectivity index is 3.63. The van der Waals surface area contributed by atoms with Gasteiger partial charge in [-0.15, -0.1) is 0 Å². The van der Waals surface area contributed by atoms with E-state index in [1.54, 1.807) is 0 Å². The van der Waals surface area contributed by atoms with Crippen LogP contribution in [0.2, 0.25) is 0 Å². The molecule has 0 N–H and O–H groups in total. The predicted octanol–water partition coefficient (Wildman–Crippen LogP) is 7.46. The molecule has 1 unspecified atom stereocenters. The van der Waals surface area contributed by atoms with Crippen molar-refractivity contribution in [3.05, 3.63) is 0 Å². The van der Waals surface area contributed by atoms with Crippen molar-refractivity contribution in [2.75, 3.05) is 0 Å². The predicted molar refractivity (Wildman–Crippen MR) is 115 cm³/mol. The highest BCUT2D eigenvalue weighted by Gasteiger charge is 2.14. The van der Waals surface area contributed by atoms with E-state index >= 15 is 0 Å². The summed E-state index contributed by atoms with van der Waals surface area (Å²) in [6, 6.07) is 0. The smallest absolute Gasteiger partial charge is 0.306 e. The van der Waals surface area contributed by atoms with Gasteiger partial charge in [0.25, 0.3) is 0 Å². The molecule has 0 rings (SSSR count). The van der Waals surface area contributed by atoms with Crippen molar-refractivity contribution < 1.29 is 14.3 Å². The lowest BCUT2D eigenvalue weighted by atomic mass is 10.0. The lowest BCUT2D eigenvalue weighted by Gasteiger charge is -2.15. The molecule has 0 aliphatic heterocycles. The molecule has 27 heavy (non-hydrogen) atoms. The van der Waals surface area contributed by atoms with Crippen molar-refractivity contribution in [1.82, 2.24) is 0 Å². The molecule has 1 atom stereocenters. The first kappa shape index (κ1) is 26.1. The van der Waals surface area contributed by atoms with Crippen LogP contribution in [0.4, 0.5) is 0 Å². The van der Waals surface area contributed by atoms with E-state index in [2.05, 4.69) is 13.8 Å². The summed E-state index contributed by atoms with van der Waals surface area (Å²) in [7, 11) is 0. The van der Waals surface area contributed by atoms with Gasteiger partial charge in [-0.3, -0.25) is 9.59 Å². The fraction of sp³-hybridized carbons (Fsp3) is 0.917. The third-order valence-electron chi connectivity index (χ3n) is 5.22. The van der Waals surface area contributed by atoms with E-state index < -0.39 is 0 Å². The minimum atomic E-state index is -0.260. The van der Waals surface area contributed by atoms with Crippen molar-refractivity contribution in [2.45, 2.75) is 142 Å². The molecular weight excluding hydrogens is 336 g/mol. The first-order valence-corrected chi connectivity index (χ1v) is 11.8. The molecule has 3 nitrogen and oxygen atoms in total. The summed E-state index contributed by atoms with van der Waals surface area (Å²) < 4.78 is 5.51. The second kappa shape index (κ2) is 21.4.